The van der Waals surface area contributed by atoms with E-state index in [1.165, 1.54) is 43.5 Å². The molecule has 23 heavy (non-hydrogen) atoms. The average Bonchev–Trinajstić information content (AvgIpc) is 2.84. The second-order valence-electron chi connectivity index (χ2n) is 6.46. The van der Waals surface area contributed by atoms with Gasteiger partial charge in [-0.1, -0.05) is 19.3 Å². The Labute approximate surface area is 139 Å². The van der Waals surface area contributed by atoms with E-state index in [4.69, 9.17) is 4.74 Å². The van der Waals surface area contributed by atoms with Gasteiger partial charge < -0.3 is 14.6 Å². The topological polar surface area (TPSA) is 43.3 Å². The third kappa shape index (κ3) is 4.96. The van der Waals surface area contributed by atoms with E-state index in [2.05, 4.69) is 29.8 Å². The maximum atomic E-state index is 11.8. The van der Waals surface area contributed by atoms with Crippen LogP contribution in [0.3, 0.4) is 0 Å². The van der Waals surface area contributed by atoms with E-state index in [1.807, 2.05) is 6.08 Å². The summed E-state index contributed by atoms with van der Waals surface area (Å²) < 4.78 is 7.44. The lowest BCUT2D eigenvalue weighted by Gasteiger charge is -2.26. The van der Waals surface area contributed by atoms with Gasteiger partial charge in [-0.3, -0.25) is 4.79 Å². The van der Waals surface area contributed by atoms with Crippen LogP contribution in [0.5, 0.6) is 0 Å². The molecule has 1 N–H and O–H groups in total. The summed E-state index contributed by atoms with van der Waals surface area (Å²) in [6.07, 6.45) is 11.0. The highest BCUT2D eigenvalue weighted by molar-refractivity contribution is 5.91. The van der Waals surface area contributed by atoms with Gasteiger partial charge in [-0.2, -0.15) is 0 Å². The zero-order valence-corrected chi connectivity index (χ0v) is 14.7. The second kappa shape index (κ2) is 8.92. The number of amides is 1. The molecule has 1 saturated carbocycles. The van der Waals surface area contributed by atoms with E-state index in [0.29, 0.717) is 19.2 Å². The van der Waals surface area contributed by atoms with E-state index < -0.39 is 0 Å². The molecule has 0 aliphatic heterocycles. The van der Waals surface area contributed by atoms with Crippen LogP contribution < -0.4 is 5.32 Å². The molecule has 0 unspecified atom stereocenters. The summed E-state index contributed by atoms with van der Waals surface area (Å²) in [4.78, 5) is 11.8. The van der Waals surface area contributed by atoms with Crippen LogP contribution in [0.1, 0.15) is 61.5 Å². The molecule has 0 saturated heterocycles. The Bertz CT molecular complexity index is 540. The molecule has 0 spiro atoms. The van der Waals surface area contributed by atoms with Crippen molar-refractivity contribution in [1.29, 1.82) is 0 Å². The first-order valence-electron chi connectivity index (χ1n) is 8.76. The maximum absolute atomic E-state index is 11.8. The first kappa shape index (κ1) is 17.8. The fraction of sp³-hybridized carbons (Fsp3) is 0.632. The van der Waals surface area contributed by atoms with Crippen LogP contribution in [0.15, 0.2) is 12.1 Å². The number of hydrogen-bond donors (Lipinski definition) is 1. The fourth-order valence-electron chi connectivity index (χ4n) is 3.52. The molecular weight excluding hydrogens is 288 g/mol. The highest BCUT2D eigenvalue weighted by Crippen LogP contribution is 2.32. The Kier molecular flexibility index (Phi) is 6.90. The van der Waals surface area contributed by atoms with Gasteiger partial charge in [0.25, 0.3) is 0 Å². The van der Waals surface area contributed by atoms with Crippen LogP contribution in [-0.4, -0.2) is 30.7 Å². The molecule has 1 aliphatic rings. The van der Waals surface area contributed by atoms with Gasteiger partial charge in [0.15, 0.2) is 0 Å². The van der Waals surface area contributed by atoms with Gasteiger partial charge >= 0.3 is 0 Å². The lowest BCUT2D eigenvalue weighted by molar-refractivity contribution is -0.116. The summed E-state index contributed by atoms with van der Waals surface area (Å²) >= 11 is 0. The zero-order chi connectivity index (χ0) is 16.7. The third-order valence-corrected chi connectivity index (χ3v) is 4.70. The van der Waals surface area contributed by atoms with Crippen molar-refractivity contribution in [1.82, 2.24) is 9.88 Å². The molecule has 0 radical (unpaired) electrons. The van der Waals surface area contributed by atoms with Gasteiger partial charge in [0.2, 0.25) is 5.91 Å². The average molecular weight is 318 g/mol. The van der Waals surface area contributed by atoms with Gasteiger partial charge in [0.1, 0.15) is 0 Å². The number of aryl methyl sites for hydroxylation is 1. The Balaban J connectivity index is 1.97. The number of methoxy groups -OCH3 is 1. The van der Waals surface area contributed by atoms with E-state index in [-0.39, 0.29) is 5.91 Å². The number of aromatic nitrogens is 1. The SMILES string of the molecule is COCCCNC(=O)/C=C/c1cc(C)n(C2CCCCC2)c1C. The van der Waals surface area contributed by atoms with Gasteiger partial charge in [0, 0.05) is 43.8 Å². The van der Waals surface area contributed by atoms with Crippen molar-refractivity contribution in [3.05, 3.63) is 29.1 Å². The van der Waals surface area contributed by atoms with Gasteiger partial charge in [-0.25, -0.2) is 0 Å². The van der Waals surface area contributed by atoms with Crippen molar-refractivity contribution in [2.24, 2.45) is 0 Å². The van der Waals surface area contributed by atoms with E-state index in [0.717, 1.165) is 12.0 Å². The predicted octanol–water partition coefficient (Wildman–Crippen LogP) is 3.78. The standard InChI is InChI=1S/C19H30N2O2/c1-15-14-17(10-11-19(22)20-12-7-13-23-3)16(2)21(15)18-8-5-4-6-9-18/h10-11,14,18H,4-9,12-13H2,1-3H3,(H,20,22)/b11-10+. The number of ether oxygens (including phenoxy) is 1. The Hall–Kier alpha value is -1.55. The van der Waals surface area contributed by atoms with Crippen molar-refractivity contribution in [2.75, 3.05) is 20.3 Å². The molecule has 1 heterocycles. The quantitative estimate of drug-likeness (QED) is 0.614. The van der Waals surface area contributed by atoms with Crippen LogP contribution in [0.25, 0.3) is 6.08 Å². The summed E-state index contributed by atoms with van der Waals surface area (Å²) in [6.45, 7) is 5.66. The monoisotopic (exact) mass is 318 g/mol. The number of carbonyl (C=O) groups is 1. The third-order valence-electron chi connectivity index (χ3n) is 4.70. The van der Waals surface area contributed by atoms with E-state index in [9.17, 15) is 4.79 Å². The van der Waals surface area contributed by atoms with Crippen molar-refractivity contribution in [3.8, 4) is 0 Å². The molecule has 1 aromatic heterocycles. The smallest absolute Gasteiger partial charge is 0.244 e. The molecule has 0 bridgehead atoms. The lowest BCUT2D eigenvalue weighted by Crippen LogP contribution is -2.22. The minimum atomic E-state index is -0.0384. The Morgan fingerprint density at radius 3 is 2.78 bits per heavy atom. The molecule has 4 heteroatoms. The van der Waals surface area contributed by atoms with Gasteiger partial charge in [-0.15, -0.1) is 0 Å². The summed E-state index contributed by atoms with van der Waals surface area (Å²) in [5, 5.41) is 2.88. The number of nitrogens with zero attached hydrogens (tertiary/aromatic N) is 1. The van der Waals surface area contributed by atoms with Gasteiger partial charge in [-0.05, 0) is 50.8 Å². The van der Waals surface area contributed by atoms with Crippen LogP contribution >= 0.6 is 0 Å². The normalized spacial score (nSPS) is 16.1. The molecule has 4 nitrogen and oxygen atoms in total. The number of carbonyl (C=O) groups excluding carboxylic acids is 1. The second-order valence-corrected chi connectivity index (χ2v) is 6.46. The molecule has 128 valence electrons. The van der Waals surface area contributed by atoms with Crippen LogP contribution in [0.4, 0.5) is 0 Å². The molecule has 1 fully saturated rings. The van der Waals surface area contributed by atoms with Crippen molar-refractivity contribution in [2.45, 2.75) is 58.4 Å². The highest BCUT2D eigenvalue weighted by atomic mass is 16.5. The van der Waals surface area contributed by atoms with E-state index in [1.54, 1.807) is 13.2 Å². The van der Waals surface area contributed by atoms with Crippen molar-refractivity contribution < 1.29 is 9.53 Å². The molecular formula is C19H30N2O2. The van der Waals surface area contributed by atoms with Crippen molar-refractivity contribution >= 4 is 12.0 Å². The largest absolute Gasteiger partial charge is 0.385 e. The Morgan fingerprint density at radius 1 is 1.35 bits per heavy atom. The van der Waals surface area contributed by atoms with Crippen LogP contribution in [-0.2, 0) is 9.53 Å². The summed E-state index contributed by atoms with van der Waals surface area (Å²) in [5.74, 6) is -0.0384. The molecule has 1 aromatic rings. The molecule has 0 aromatic carbocycles. The molecule has 1 aliphatic carbocycles. The fourth-order valence-corrected chi connectivity index (χ4v) is 3.52. The Morgan fingerprint density at radius 2 is 2.09 bits per heavy atom. The van der Waals surface area contributed by atoms with E-state index >= 15 is 0 Å². The number of hydrogen-bond acceptors (Lipinski definition) is 2. The number of rotatable bonds is 7. The summed E-state index contributed by atoms with van der Waals surface area (Å²) in [6, 6.07) is 2.83. The number of nitrogens with one attached hydrogen (secondary N) is 1. The minimum Gasteiger partial charge on any atom is -0.385 e. The molecule has 0 atom stereocenters. The van der Waals surface area contributed by atoms with Gasteiger partial charge in [0.05, 0.1) is 0 Å². The van der Waals surface area contributed by atoms with Crippen LogP contribution in [0.2, 0.25) is 0 Å². The summed E-state index contributed by atoms with van der Waals surface area (Å²) in [5.41, 5.74) is 3.73. The van der Waals surface area contributed by atoms with Crippen molar-refractivity contribution in [3.63, 3.8) is 0 Å². The maximum Gasteiger partial charge on any atom is 0.244 e. The first-order chi connectivity index (χ1) is 11.1. The van der Waals surface area contributed by atoms with Crippen LogP contribution in [0, 0.1) is 13.8 Å². The molecule has 2 rings (SSSR count). The molecule has 1 amide bonds. The zero-order valence-electron chi connectivity index (χ0n) is 14.7. The first-order valence-corrected chi connectivity index (χ1v) is 8.76. The minimum absolute atomic E-state index is 0.0384. The lowest BCUT2D eigenvalue weighted by atomic mass is 9.95. The summed E-state index contributed by atoms with van der Waals surface area (Å²) in [7, 11) is 1.67. The highest BCUT2D eigenvalue weighted by Gasteiger charge is 2.19. The predicted molar refractivity (Wildman–Crippen MR) is 94.6 cm³/mol.